The molecule has 3 nitrogen and oxygen atoms in total. The van der Waals surface area contributed by atoms with Gasteiger partial charge in [-0.3, -0.25) is 4.79 Å². The Kier molecular flexibility index (Phi) is 23.2. The molecule has 1 atom stereocenters. The van der Waals surface area contributed by atoms with Crippen LogP contribution in [0.1, 0.15) is 187 Å². The van der Waals surface area contributed by atoms with Crippen molar-refractivity contribution in [1.82, 2.24) is 0 Å². The molecule has 2 rings (SSSR count). The first-order chi connectivity index (χ1) is 22.1. The van der Waals surface area contributed by atoms with E-state index in [1.807, 2.05) is 6.92 Å². The highest BCUT2D eigenvalue weighted by molar-refractivity contribution is 5.70. The average Bonchev–Trinajstić information content (AvgIpc) is 3.06. The SMILES string of the molecule is CCCCCCCCCCCCCCC(=O)OC(C)c1ccc(-c2ccc(OCCCCCCCCCCCCC)cc2)cc1. The molecule has 45 heavy (non-hydrogen) atoms. The zero-order valence-corrected chi connectivity index (χ0v) is 29.6. The molecule has 2 aromatic carbocycles. The van der Waals surface area contributed by atoms with E-state index in [1.54, 1.807) is 0 Å². The summed E-state index contributed by atoms with van der Waals surface area (Å²) < 4.78 is 11.7. The van der Waals surface area contributed by atoms with Crippen molar-refractivity contribution in [1.29, 1.82) is 0 Å². The Labute approximate surface area is 278 Å². The Morgan fingerprint density at radius 3 is 1.33 bits per heavy atom. The van der Waals surface area contributed by atoms with Crippen molar-refractivity contribution in [2.75, 3.05) is 6.61 Å². The van der Waals surface area contributed by atoms with E-state index in [4.69, 9.17) is 9.47 Å². The molecule has 1 unspecified atom stereocenters. The number of rotatable bonds is 29. The zero-order valence-electron chi connectivity index (χ0n) is 29.6. The van der Waals surface area contributed by atoms with Gasteiger partial charge in [0.1, 0.15) is 11.9 Å². The van der Waals surface area contributed by atoms with Gasteiger partial charge in [0.25, 0.3) is 0 Å². The van der Waals surface area contributed by atoms with Gasteiger partial charge in [0.05, 0.1) is 6.61 Å². The van der Waals surface area contributed by atoms with Gasteiger partial charge in [-0.05, 0) is 48.6 Å². The number of carbonyl (C=O) groups excluding carboxylic acids is 1. The van der Waals surface area contributed by atoms with Gasteiger partial charge in [0.2, 0.25) is 0 Å². The molecule has 0 aliphatic rings. The molecule has 0 radical (unpaired) electrons. The quantitative estimate of drug-likeness (QED) is 0.0670. The molecule has 254 valence electrons. The predicted molar refractivity (Wildman–Crippen MR) is 194 cm³/mol. The van der Waals surface area contributed by atoms with Gasteiger partial charge in [-0.1, -0.05) is 185 Å². The number of esters is 1. The largest absolute Gasteiger partial charge is 0.494 e. The molecule has 0 amide bonds. The molecule has 0 saturated heterocycles. The minimum Gasteiger partial charge on any atom is -0.494 e. The molecule has 2 aromatic rings. The molecule has 0 aliphatic heterocycles. The molecule has 0 heterocycles. The minimum atomic E-state index is -0.227. The number of unbranched alkanes of at least 4 members (excludes halogenated alkanes) is 21. The van der Waals surface area contributed by atoms with Crippen LogP contribution in [0.4, 0.5) is 0 Å². The maximum absolute atomic E-state index is 12.4. The van der Waals surface area contributed by atoms with Crippen LogP contribution < -0.4 is 4.74 Å². The molecular weight excluding hydrogens is 552 g/mol. The summed E-state index contributed by atoms with van der Waals surface area (Å²) in [5, 5.41) is 0. The number of carbonyl (C=O) groups is 1. The van der Waals surface area contributed by atoms with E-state index in [2.05, 4.69) is 62.4 Å². The van der Waals surface area contributed by atoms with E-state index < -0.39 is 0 Å². The van der Waals surface area contributed by atoms with Crippen LogP contribution >= 0.6 is 0 Å². The first kappa shape index (κ1) is 38.9. The fourth-order valence-electron chi connectivity index (χ4n) is 6.08. The lowest BCUT2D eigenvalue weighted by atomic mass is 10.0. The molecular formula is C42H68O3. The molecule has 0 saturated carbocycles. The Morgan fingerprint density at radius 1 is 0.511 bits per heavy atom. The van der Waals surface area contributed by atoms with E-state index >= 15 is 0 Å². The van der Waals surface area contributed by atoms with E-state index in [1.165, 1.54) is 134 Å². The fourth-order valence-corrected chi connectivity index (χ4v) is 6.08. The van der Waals surface area contributed by atoms with E-state index in [0.717, 1.165) is 42.7 Å². The van der Waals surface area contributed by atoms with Crippen molar-refractivity contribution in [2.24, 2.45) is 0 Å². The highest BCUT2D eigenvalue weighted by Crippen LogP contribution is 2.26. The Morgan fingerprint density at radius 2 is 0.889 bits per heavy atom. The predicted octanol–water partition coefficient (Wildman–Crippen LogP) is 13.7. The summed E-state index contributed by atoms with van der Waals surface area (Å²) in [5.74, 6) is 0.860. The van der Waals surface area contributed by atoms with Crippen LogP contribution in [0.5, 0.6) is 5.75 Å². The smallest absolute Gasteiger partial charge is 0.306 e. The monoisotopic (exact) mass is 621 g/mol. The van der Waals surface area contributed by atoms with Crippen LogP contribution in [0.2, 0.25) is 0 Å². The lowest BCUT2D eigenvalue weighted by molar-refractivity contribution is -0.148. The summed E-state index contributed by atoms with van der Waals surface area (Å²) in [6, 6.07) is 16.8. The van der Waals surface area contributed by atoms with Crippen molar-refractivity contribution in [3.8, 4) is 16.9 Å². The molecule has 0 N–H and O–H groups in total. The summed E-state index contributed by atoms with van der Waals surface area (Å²) in [4.78, 5) is 12.4. The fraction of sp³-hybridized carbons (Fsp3) is 0.690. The first-order valence-electron chi connectivity index (χ1n) is 19.2. The van der Waals surface area contributed by atoms with Crippen LogP contribution in [0.25, 0.3) is 11.1 Å². The highest BCUT2D eigenvalue weighted by Gasteiger charge is 2.12. The third-order valence-electron chi connectivity index (χ3n) is 9.13. The number of ether oxygens (including phenoxy) is 2. The van der Waals surface area contributed by atoms with E-state index in [9.17, 15) is 4.79 Å². The van der Waals surface area contributed by atoms with Crippen LogP contribution in [0.3, 0.4) is 0 Å². The maximum Gasteiger partial charge on any atom is 0.306 e. The van der Waals surface area contributed by atoms with Crippen molar-refractivity contribution in [3.63, 3.8) is 0 Å². The second kappa shape index (κ2) is 26.9. The molecule has 0 aromatic heterocycles. The maximum atomic E-state index is 12.4. The second-order valence-electron chi connectivity index (χ2n) is 13.3. The summed E-state index contributed by atoms with van der Waals surface area (Å²) >= 11 is 0. The van der Waals surface area contributed by atoms with Crippen LogP contribution in [-0.2, 0) is 9.53 Å². The topological polar surface area (TPSA) is 35.5 Å². The van der Waals surface area contributed by atoms with Crippen molar-refractivity contribution in [2.45, 2.75) is 181 Å². The van der Waals surface area contributed by atoms with Gasteiger partial charge in [0.15, 0.2) is 0 Å². The van der Waals surface area contributed by atoms with Crippen LogP contribution in [-0.4, -0.2) is 12.6 Å². The third-order valence-corrected chi connectivity index (χ3v) is 9.13. The summed E-state index contributed by atoms with van der Waals surface area (Å²) in [5.41, 5.74) is 3.36. The molecule has 0 aliphatic carbocycles. The Bertz CT molecular complexity index is 949. The van der Waals surface area contributed by atoms with Gasteiger partial charge < -0.3 is 9.47 Å². The second-order valence-corrected chi connectivity index (χ2v) is 13.3. The Hall–Kier alpha value is -2.29. The molecule has 3 heteroatoms. The highest BCUT2D eigenvalue weighted by atomic mass is 16.5. The van der Waals surface area contributed by atoms with E-state index in [-0.39, 0.29) is 12.1 Å². The van der Waals surface area contributed by atoms with Crippen molar-refractivity contribution in [3.05, 3.63) is 54.1 Å². The number of benzene rings is 2. The van der Waals surface area contributed by atoms with Crippen molar-refractivity contribution < 1.29 is 14.3 Å². The summed E-state index contributed by atoms with van der Waals surface area (Å²) in [6.07, 6.45) is 30.7. The van der Waals surface area contributed by atoms with Gasteiger partial charge in [-0.2, -0.15) is 0 Å². The minimum absolute atomic E-state index is 0.0811. The average molecular weight is 621 g/mol. The summed E-state index contributed by atoms with van der Waals surface area (Å²) in [6.45, 7) is 7.32. The number of hydrogen-bond acceptors (Lipinski definition) is 3. The normalized spacial score (nSPS) is 11.9. The molecule has 0 fully saturated rings. The van der Waals surface area contributed by atoms with Gasteiger partial charge in [-0.15, -0.1) is 0 Å². The Balaban J connectivity index is 1.53. The standard InChI is InChI=1S/C42H68O3/c1-4-6-8-10-12-14-16-17-19-21-23-25-27-42(43)45-37(3)38-28-30-39(31-29-38)40-32-34-41(35-33-40)44-36-26-24-22-20-18-15-13-11-9-7-5-2/h28-35,37H,4-27,36H2,1-3H3. The third kappa shape index (κ3) is 19.7. The van der Waals surface area contributed by atoms with Gasteiger partial charge in [-0.25, -0.2) is 0 Å². The van der Waals surface area contributed by atoms with Crippen molar-refractivity contribution >= 4 is 5.97 Å². The van der Waals surface area contributed by atoms with Crippen LogP contribution in [0.15, 0.2) is 48.5 Å². The molecule has 0 spiro atoms. The van der Waals surface area contributed by atoms with E-state index in [0.29, 0.717) is 6.42 Å². The molecule has 0 bridgehead atoms. The number of hydrogen-bond donors (Lipinski definition) is 0. The summed E-state index contributed by atoms with van der Waals surface area (Å²) in [7, 11) is 0. The lowest BCUT2D eigenvalue weighted by Crippen LogP contribution is -2.08. The van der Waals surface area contributed by atoms with Crippen LogP contribution in [0, 0.1) is 0 Å². The van der Waals surface area contributed by atoms with Gasteiger partial charge >= 0.3 is 5.97 Å². The first-order valence-corrected chi connectivity index (χ1v) is 19.2. The van der Waals surface area contributed by atoms with Gasteiger partial charge in [0, 0.05) is 6.42 Å². The zero-order chi connectivity index (χ0) is 32.2. The lowest BCUT2D eigenvalue weighted by Gasteiger charge is -2.14.